The van der Waals surface area contributed by atoms with Gasteiger partial charge in [0.15, 0.2) is 0 Å². The van der Waals surface area contributed by atoms with E-state index in [1.807, 2.05) is 13.8 Å². The zero-order valence-electron chi connectivity index (χ0n) is 15.2. The molecule has 1 saturated carbocycles. The smallest absolute Gasteiger partial charge is 0.242 e. The molecule has 1 fully saturated rings. The molecule has 0 aromatic carbocycles. The van der Waals surface area contributed by atoms with E-state index < -0.39 is 6.04 Å². The Labute approximate surface area is 135 Å². The summed E-state index contributed by atoms with van der Waals surface area (Å²) in [6, 6.07) is -0.478. The van der Waals surface area contributed by atoms with E-state index >= 15 is 0 Å². The van der Waals surface area contributed by atoms with Gasteiger partial charge in [-0.2, -0.15) is 0 Å². The second kappa shape index (κ2) is 7.47. The lowest BCUT2D eigenvalue weighted by molar-refractivity contribution is -0.132. The van der Waals surface area contributed by atoms with Gasteiger partial charge in [-0.3, -0.25) is 9.59 Å². The summed E-state index contributed by atoms with van der Waals surface area (Å²) in [5.74, 6) is 0.0287. The number of nitrogens with one attached hydrogen (secondary N) is 2. The predicted molar refractivity (Wildman–Crippen MR) is 90.5 cm³/mol. The molecule has 0 aromatic rings. The van der Waals surface area contributed by atoms with E-state index in [1.54, 1.807) is 6.92 Å². The molecule has 2 N–H and O–H groups in total. The summed E-state index contributed by atoms with van der Waals surface area (Å²) in [4.78, 5) is 24.6. The van der Waals surface area contributed by atoms with E-state index in [9.17, 15) is 9.59 Å². The molecule has 1 aliphatic carbocycles. The summed E-state index contributed by atoms with van der Waals surface area (Å²) < 4.78 is 0. The highest BCUT2D eigenvalue weighted by atomic mass is 16.2. The molecule has 0 heterocycles. The molecule has 0 radical (unpaired) electrons. The van der Waals surface area contributed by atoms with Crippen LogP contribution in [0.2, 0.25) is 0 Å². The van der Waals surface area contributed by atoms with Gasteiger partial charge < -0.3 is 10.6 Å². The Morgan fingerprint density at radius 1 is 1.05 bits per heavy atom. The second-order valence-corrected chi connectivity index (χ2v) is 8.68. The first-order valence-corrected chi connectivity index (χ1v) is 8.63. The number of carbonyl (C=O) groups excluding carboxylic acids is 2. The van der Waals surface area contributed by atoms with Crippen LogP contribution in [0.15, 0.2) is 0 Å². The van der Waals surface area contributed by atoms with Gasteiger partial charge in [0.2, 0.25) is 11.8 Å². The van der Waals surface area contributed by atoms with E-state index in [1.165, 1.54) is 6.42 Å². The number of amides is 2. The molecular weight excluding hydrogens is 276 g/mol. The molecule has 0 spiro atoms. The average Bonchev–Trinajstić information content (AvgIpc) is 2.36. The quantitative estimate of drug-likeness (QED) is 0.817. The Hall–Kier alpha value is -1.06. The first kappa shape index (κ1) is 19.0. The Bertz CT molecular complexity index is 390. The van der Waals surface area contributed by atoms with Gasteiger partial charge in [-0.05, 0) is 45.4 Å². The van der Waals surface area contributed by atoms with Gasteiger partial charge >= 0.3 is 0 Å². The second-order valence-electron chi connectivity index (χ2n) is 8.68. The summed E-state index contributed by atoms with van der Waals surface area (Å²) in [5, 5.41) is 5.95. The van der Waals surface area contributed by atoms with Crippen molar-refractivity contribution in [3.05, 3.63) is 0 Å². The molecule has 128 valence electrons. The maximum Gasteiger partial charge on any atom is 0.242 e. The fraction of sp³-hybridized carbons (Fsp3) is 0.889. The maximum absolute atomic E-state index is 12.3. The van der Waals surface area contributed by atoms with Crippen LogP contribution in [0.3, 0.4) is 0 Å². The molecular formula is C18H34N2O2. The van der Waals surface area contributed by atoms with E-state index in [0.717, 1.165) is 32.1 Å². The highest BCUT2D eigenvalue weighted by Gasteiger charge is 2.30. The molecule has 1 aliphatic rings. The zero-order chi connectivity index (χ0) is 17.0. The van der Waals surface area contributed by atoms with Gasteiger partial charge in [0.25, 0.3) is 0 Å². The third-order valence-electron chi connectivity index (χ3n) is 4.16. The normalized spacial score (nSPS) is 18.6. The lowest BCUT2D eigenvalue weighted by Gasteiger charge is -2.34. The van der Waals surface area contributed by atoms with Crippen molar-refractivity contribution in [1.29, 1.82) is 0 Å². The predicted octanol–water partition coefficient (Wildman–Crippen LogP) is 3.40. The lowest BCUT2D eigenvalue weighted by Crippen LogP contribution is -2.53. The Morgan fingerprint density at radius 3 is 2.09 bits per heavy atom. The van der Waals surface area contributed by atoms with Crippen LogP contribution in [0.5, 0.6) is 0 Å². The minimum atomic E-state index is -0.478. The van der Waals surface area contributed by atoms with Crippen LogP contribution >= 0.6 is 0 Å². The Kier molecular flexibility index (Phi) is 6.45. The van der Waals surface area contributed by atoms with Crippen LogP contribution in [-0.2, 0) is 9.59 Å². The van der Waals surface area contributed by atoms with E-state index in [4.69, 9.17) is 0 Å². The number of hydrogen-bond acceptors (Lipinski definition) is 2. The SMILES string of the molecule is CC(NC(=O)C1CCCCC1)C(=O)NC(C)(C)CC(C)(C)C. The Morgan fingerprint density at radius 2 is 1.59 bits per heavy atom. The highest BCUT2D eigenvalue weighted by Crippen LogP contribution is 2.27. The van der Waals surface area contributed by atoms with Crippen molar-refractivity contribution in [2.75, 3.05) is 0 Å². The van der Waals surface area contributed by atoms with Crippen LogP contribution in [0.25, 0.3) is 0 Å². The number of carbonyl (C=O) groups is 2. The molecule has 0 aliphatic heterocycles. The van der Waals surface area contributed by atoms with Crippen LogP contribution < -0.4 is 10.6 Å². The maximum atomic E-state index is 12.3. The summed E-state index contributed by atoms with van der Waals surface area (Å²) in [7, 11) is 0. The number of rotatable bonds is 5. The highest BCUT2D eigenvalue weighted by molar-refractivity contribution is 5.88. The van der Waals surface area contributed by atoms with Gasteiger partial charge in [-0.25, -0.2) is 0 Å². The minimum Gasteiger partial charge on any atom is -0.349 e. The number of hydrogen-bond donors (Lipinski definition) is 2. The minimum absolute atomic E-state index is 0.0379. The van der Waals surface area contributed by atoms with Gasteiger partial charge in [0.05, 0.1) is 0 Å². The van der Waals surface area contributed by atoms with Crippen molar-refractivity contribution in [2.24, 2.45) is 11.3 Å². The Balaban J connectivity index is 2.48. The third kappa shape index (κ3) is 6.80. The van der Waals surface area contributed by atoms with Crippen molar-refractivity contribution in [3.63, 3.8) is 0 Å². The average molecular weight is 310 g/mol. The van der Waals surface area contributed by atoms with Crippen LogP contribution in [0.4, 0.5) is 0 Å². The van der Waals surface area contributed by atoms with Gasteiger partial charge in [-0.15, -0.1) is 0 Å². The molecule has 1 atom stereocenters. The molecule has 1 rings (SSSR count). The van der Waals surface area contributed by atoms with Crippen LogP contribution in [0.1, 0.15) is 80.1 Å². The fourth-order valence-corrected chi connectivity index (χ4v) is 3.57. The summed E-state index contributed by atoms with van der Waals surface area (Å²) in [6.45, 7) is 12.3. The molecule has 0 saturated heterocycles. The zero-order valence-corrected chi connectivity index (χ0v) is 15.2. The van der Waals surface area contributed by atoms with Crippen molar-refractivity contribution < 1.29 is 9.59 Å². The standard InChI is InChI=1S/C18H34N2O2/c1-13(19-16(22)14-10-8-7-9-11-14)15(21)20-18(5,6)12-17(2,3)4/h13-14H,7-12H2,1-6H3,(H,19,22)(H,20,21). The molecule has 4 nitrogen and oxygen atoms in total. The van der Waals surface area contributed by atoms with E-state index in [2.05, 4.69) is 31.4 Å². The van der Waals surface area contributed by atoms with E-state index in [0.29, 0.717) is 0 Å². The lowest BCUT2D eigenvalue weighted by atomic mass is 9.81. The first-order chi connectivity index (χ1) is 10.0. The van der Waals surface area contributed by atoms with Crippen molar-refractivity contribution in [2.45, 2.75) is 91.6 Å². The molecule has 2 amide bonds. The van der Waals surface area contributed by atoms with E-state index in [-0.39, 0.29) is 28.7 Å². The van der Waals surface area contributed by atoms with Gasteiger partial charge in [0.1, 0.15) is 6.04 Å². The topological polar surface area (TPSA) is 58.2 Å². The van der Waals surface area contributed by atoms with Gasteiger partial charge in [0, 0.05) is 11.5 Å². The summed E-state index contributed by atoms with van der Waals surface area (Å²) in [6.07, 6.45) is 6.26. The fourth-order valence-electron chi connectivity index (χ4n) is 3.57. The summed E-state index contributed by atoms with van der Waals surface area (Å²) >= 11 is 0. The third-order valence-corrected chi connectivity index (χ3v) is 4.16. The largest absolute Gasteiger partial charge is 0.349 e. The van der Waals surface area contributed by atoms with Crippen molar-refractivity contribution >= 4 is 11.8 Å². The van der Waals surface area contributed by atoms with Crippen LogP contribution in [-0.4, -0.2) is 23.4 Å². The van der Waals surface area contributed by atoms with Crippen LogP contribution in [0, 0.1) is 11.3 Å². The molecule has 22 heavy (non-hydrogen) atoms. The first-order valence-electron chi connectivity index (χ1n) is 8.63. The molecule has 1 unspecified atom stereocenters. The molecule has 0 aromatic heterocycles. The molecule has 4 heteroatoms. The monoisotopic (exact) mass is 310 g/mol. The molecule has 0 bridgehead atoms. The van der Waals surface area contributed by atoms with Crippen molar-refractivity contribution in [1.82, 2.24) is 10.6 Å². The summed E-state index contributed by atoms with van der Waals surface area (Å²) in [5.41, 5.74) is -0.134. The van der Waals surface area contributed by atoms with Gasteiger partial charge in [-0.1, -0.05) is 40.0 Å². The van der Waals surface area contributed by atoms with Crippen molar-refractivity contribution in [3.8, 4) is 0 Å².